The maximum absolute atomic E-state index is 13.1. The summed E-state index contributed by atoms with van der Waals surface area (Å²) < 4.78 is 13.1. The molecule has 3 rings (SSSR count). The van der Waals surface area contributed by atoms with Crippen LogP contribution in [0.25, 0.3) is 22.2 Å². The van der Waals surface area contributed by atoms with E-state index in [1.165, 1.54) is 12.3 Å². The van der Waals surface area contributed by atoms with Crippen molar-refractivity contribution >= 4 is 16.7 Å². The summed E-state index contributed by atoms with van der Waals surface area (Å²) in [7, 11) is 0. The van der Waals surface area contributed by atoms with Crippen LogP contribution in [0.2, 0.25) is 0 Å². The number of anilines is 1. The molecule has 2 heterocycles. The molecule has 1 N–H and O–H groups in total. The zero-order chi connectivity index (χ0) is 15.5. The molecule has 0 atom stereocenters. The molecule has 4 nitrogen and oxygen atoms in total. The van der Waals surface area contributed by atoms with Gasteiger partial charge in [-0.1, -0.05) is 13.8 Å². The summed E-state index contributed by atoms with van der Waals surface area (Å²) in [4.78, 5) is 12.5. The smallest absolute Gasteiger partial charge is 0.212 e. The second-order valence-electron chi connectivity index (χ2n) is 5.59. The summed E-state index contributed by atoms with van der Waals surface area (Å²) in [5, 5.41) is 3.40. The van der Waals surface area contributed by atoms with Crippen molar-refractivity contribution in [1.82, 2.24) is 15.0 Å². The molecule has 22 heavy (non-hydrogen) atoms. The Labute approximate surface area is 128 Å². The van der Waals surface area contributed by atoms with Crippen LogP contribution in [0.4, 0.5) is 10.1 Å². The third kappa shape index (κ3) is 3.03. The lowest BCUT2D eigenvalue weighted by Crippen LogP contribution is -2.08. The minimum atomic E-state index is -0.492. The number of benzene rings is 1. The molecule has 0 amide bonds. The van der Waals surface area contributed by atoms with E-state index in [-0.39, 0.29) is 0 Å². The van der Waals surface area contributed by atoms with Crippen molar-refractivity contribution in [3.8, 4) is 11.1 Å². The second-order valence-corrected chi connectivity index (χ2v) is 5.59. The molecule has 5 heteroatoms. The largest absolute Gasteiger partial charge is 0.385 e. The molecule has 0 bridgehead atoms. The first-order chi connectivity index (χ1) is 10.6. The Kier molecular flexibility index (Phi) is 3.96. The van der Waals surface area contributed by atoms with Gasteiger partial charge in [-0.3, -0.25) is 9.97 Å². The van der Waals surface area contributed by atoms with E-state index in [0.29, 0.717) is 5.92 Å². The molecule has 0 aliphatic heterocycles. The van der Waals surface area contributed by atoms with Gasteiger partial charge in [0.1, 0.15) is 0 Å². The van der Waals surface area contributed by atoms with Gasteiger partial charge in [-0.05, 0) is 30.2 Å². The summed E-state index contributed by atoms with van der Waals surface area (Å²) >= 11 is 0. The van der Waals surface area contributed by atoms with Crippen LogP contribution >= 0.6 is 0 Å². The first-order valence-electron chi connectivity index (χ1n) is 7.24. The lowest BCUT2D eigenvalue weighted by atomic mass is 10.0. The van der Waals surface area contributed by atoms with Crippen molar-refractivity contribution in [3.05, 3.63) is 48.8 Å². The molecule has 2 aromatic heterocycles. The Hall–Kier alpha value is -2.56. The third-order valence-electron chi connectivity index (χ3n) is 3.33. The van der Waals surface area contributed by atoms with Crippen LogP contribution < -0.4 is 5.32 Å². The molecule has 0 fully saturated rings. The van der Waals surface area contributed by atoms with Crippen molar-refractivity contribution in [3.63, 3.8) is 0 Å². The van der Waals surface area contributed by atoms with Crippen molar-refractivity contribution < 1.29 is 4.39 Å². The highest BCUT2D eigenvalue weighted by molar-refractivity contribution is 5.94. The maximum Gasteiger partial charge on any atom is 0.212 e. The van der Waals surface area contributed by atoms with E-state index >= 15 is 0 Å². The average molecular weight is 296 g/mol. The summed E-state index contributed by atoms with van der Waals surface area (Å²) in [5.41, 5.74) is 4.27. The normalized spacial score (nSPS) is 11.1. The predicted molar refractivity (Wildman–Crippen MR) is 86.1 cm³/mol. The highest BCUT2D eigenvalue weighted by Crippen LogP contribution is 2.29. The van der Waals surface area contributed by atoms with Gasteiger partial charge in [0.2, 0.25) is 5.95 Å². The topological polar surface area (TPSA) is 50.7 Å². The van der Waals surface area contributed by atoms with E-state index in [1.807, 2.05) is 12.1 Å². The molecule has 112 valence electrons. The molecule has 3 aromatic rings. The lowest BCUT2D eigenvalue weighted by molar-refractivity contribution is 0.584. The Bertz CT molecular complexity index is 784. The fourth-order valence-electron chi connectivity index (χ4n) is 2.25. The minimum absolute atomic E-state index is 0.492. The second kappa shape index (κ2) is 6.05. The molecule has 0 aliphatic carbocycles. The number of fused-ring (bicyclic) bond motifs is 1. The summed E-state index contributed by atoms with van der Waals surface area (Å²) in [6.07, 6.45) is 4.84. The lowest BCUT2D eigenvalue weighted by Gasteiger charge is -2.12. The summed E-state index contributed by atoms with van der Waals surface area (Å²) in [5.74, 6) is 0.0433. The number of rotatable bonds is 4. The van der Waals surface area contributed by atoms with Crippen LogP contribution in [0, 0.1) is 11.9 Å². The molecule has 0 saturated heterocycles. The van der Waals surface area contributed by atoms with E-state index in [9.17, 15) is 4.39 Å². The predicted octanol–water partition coefficient (Wildman–Crippen LogP) is 3.90. The molecule has 0 spiro atoms. The van der Waals surface area contributed by atoms with Crippen molar-refractivity contribution in [1.29, 1.82) is 0 Å². The number of hydrogen-bond acceptors (Lipinski definition) is 4. The van der Waals surface area contributed by atoms with Crippen LogP contribution in [-0.2, 0) is 0 Å². The first-order valence-corrected chi connectivity index (χ1v) is 7.24. The van der Waals surface area contributed by atoms with Gasteiger partial charge in [0.25, 0.3) is 0 Å². The van der Waals surface area contributed by atoms with Gasteiger partial charge in [0, 0.05) is 41.9 Å². The molecular formula is C17H17FN4. The van der Waals surface area contributed by atoms with Crippen LogP contribution in [0.15, 0.2) is 42.9 Å². The van der Waals surface area contributed by atoms with Crippen LogP contribution in [-0.4, -0.2) is 21.5 Å². The van der Waals surface area contributed by atoms with Gasteiger partial charge < -0.3 is 5.32 Å². The molecule has 0 radical (unpaired) electrons. The van der Waals surface area contributed by atoms with Gasteiger partial charge >= 0.3 is 0 Å². The molecule has 0 unspecified atom stereocenters. The van der Waals surface area contributed by atoms with E-state index in [4.69, 9.17) is 0 Å². The standard InChI is InChI=1S/C17H17FN4/c1-11(2)9-21-13-7-14(12-3-4-16(18)22-10-12)17-15(8-13)19-5-6-20-17/h3-8,10-11,21H,9H2,1-2H3. The van der Waals surface area contributed by atoms with E-state index in [0.717, 1.165) is 34.4 Å². The summed E-state index contributed by atoms with van der Waals surface area (Å²) in [6, 6.07) is 7.04. The molecule has 0 aliphatic rings. The zero-order valence-corrected chi connectivity index (χ0v) is 12.5. The fraction of sp³-hybridized carbons (Fsp3) is 0.235. The highest BCUT2D eigenvalue weighted by Gasteiger charge is 2.09. The number of pyridine rings is 1. The summed E-state index contributed by atoms with van der Waals surface area (Å²) in [6.45, 7) is 5.17. The molecule has 0 saturated carbocycles. The SMILES string of the molecule is CC(C)CNc1cc(-c2ccc(F)nc2)c2nccnc2c1. The fourth-order valence-corrected chi connectivity index (χ4v) is 2.25. The maximum atomic E-state index is 13.1. The van der Waals surface area contributed by atoms with E-state index < -0.39 is 5.95 Å². The van der Waals surface area contributed by atoms with E-state index in [2.05, 4.69) is 34.1 Å². The zero-order valence-electron chi connectivity index (χ0n) is 12.5. The van der Waals surface area contributed by atoms with Crippen LogP contribution in [0.3, 0.4) is 0 Å². The van der Waals surface area contributed by atoms with Gasteiger partial charge in [0.05, 0.1) is 11.0 Å². The molecular weight excluding hydrogens is 279 g/mol. The Balaban J connectivity index is 2.11. The Morgan fingerprint density at radius 1 is 1.09 bits per heavy atom. The average Bonchev–Trinajstić information content (AvgIpc) is 2.53. The van der Waals surface area contributed by atoms with E-state index in [1.54, 1.807) is 18.5 Å². The number of nitrogens with one attached hydrogen (secondary N) is 1. The van der Waals surface area contributed by atoms with Crippen LogP contribution in [0.5, 0.6) is 0 Å². The number of halogens is 1. The highest BCUT2D eigenvalue weighted by atomic mass is 19.1. The van der Waals surface area contributed by atoms with Crippen molar-refractivity contribution in [2.75, 3.05) is 11.9 Å². The minimum Gasteiger partial charge on any atom is -0.385 e. The number of aromatic nitrogens is 3. The monoisotopic (exact) mass is 296 g/mol. The number of hydrogen-bond donors (Lipinski definition) is 1. The van der Waals surface area contributed by atoms with Crippen molar-refractivity contribution in [2.24, 2.45) is 5.92 Å². The van der Waals surface area contributed by atoms with Crippen LogP contribution in [0.1, 0.15) is 13.8 Å². The Morgan fingerprint density at radius 2 is 1.91 bits per heavy atom. The van der Waals surface area contributed by atoms with Gasteiger partial charge in [-0.2, -0.15) is 4.39 Å². The van der Waals surface area contributed by atoms with Crippen molar-refractivity contribution in [2.45, 2.75) is 13.8 Å². The Morgan fingerprint density at radius 3 is 2.64 bits per heavy atom. The molecule has 1 aromatic carbocycles. The third-order valence-corrected chi connectivity index (χ3v) is 3.33. The van der Waals surface area contributed by atoms with Gasteiger partial charge in [0.15, 0.2) is 0 Å². The first kappa shape index (κ1) is 14.4. The van der Waals surface area contributed by atoms with Gasteiger partial charge in [-0.15, -0.1) is 0 Å². The quantitative estimate of drug-likeness (QED) is 0.742. The van der Waals surface area contributed by atoms with Gasteiger partial charge in [-0.25, -0.2) is 4.98 Å². The number of nitrogens with zero attached hydrogens (tertiary/aromatic N) is 3.